The first-order valence-electron chi connectivity index (χ1n) is 8.45. The molecule has 1 heterocycles. The monoisotopic (exact) mass is 400 g/mol. The Kier molecular flexibility index (Phi) is 5.94. The number of nitrogens with zero attached hydrogens (tertiary/aromatic N) is 1. The second kappa shape index (κ2) is 8.38. The zero-order valence-electron chi connectivity index (χ0n) is 14.7. The number of amides is 1. The smallest absolute Gasteiger partial charge is 0.341 e. The van der Waals surface area contributed by atoms with Crippen molar-refractivity contribution >= 4 is 45.9 Å². The molecule has 138 valence electrons. The van der Waals surface area contributed by atoms with E-state index in [1.807, 2.05) is 6.07 Å². The summed E-state index contributed by atoms with van der Waals surface area (Å²) in [5.74, 6) is -1.06. The standard InChI is InChI=1S/C20H17ClN2O3S/c1-26-20(25)17-14-7-3-5-9-16(14)27-19(17)23-18(24)13(11-22)10-12-6-2-4-8-15(12)21/h2,4,6,8,10H,3,5,7,9H2,1H3,(H,23,24)/b13-10+. The Morgan fingerprint density at radius 2 is 2.04 bits per heavy atom. The van der Waals surface area contributed by atoms with Gasteiger partial charge in [0.1, 0.15) is 16.6 Å². The van der Waals surface area contributed by atoms with Crippen molar-refractivity contribution < 1.29 is 14.3 Å². The van der Waals surface area contributed by atoms with Crippen LogP contribution in [-0.4, -0.2) is 19.0 Å². The zero-order valence-corrected chi connectivity index (χ0v) is 16.2. The van der Waals surface area contributed by atoms with Gasteiger partial charge in [0.25, 0.3) is 5.91 Å². The molecule has 0 aliphatic heterocycles. The maximum Gasteiger partial charge on any atom is 0.341 e. The molecule has 0 fully saturated rings. The molecule has 2 aromatic rings. The maximum atomic E-state index is 12.6. The van der Waals surface area contributed by atoms with Gasteiger partial charge in [0, 0.05) is 9.90 Å². The number of esters is 1. The number of benzene rings is 1. The molecule has 0 unspecified atom stereocenters. The largest absolute Gasteiger partial charge is 0.465 e. The van der Waals surface area contributed by atoms with E-state index in [-0.39, 0.29) is 5.57 Å². The lowest BCUT2D eigenvalue weighted by molar-refractivity contribution is -0.112. The Bertz CT molecular complexity index is 972. The van der Waals surface area contributed by atoms with Crippen molar-refractivity contribution in [1.29, 1.82) is 5.26 Å². The van der Waals surface area contributed by atoms with Gasteiger partial charge >= 0.3 is 5.97 Å². The number of anilines is 1. The highest BCUT2D eigenvalue weighted by molar-refractivity contribution is 7.17. The summed E-state index contributed by atoms with van der Waals surface area (Å²) in [5, 5.41) is 13.0. The zero-order chi connectivity index (χ0) is 19.4. The summed E-state index contributed by atoms with van der Waals surface area (Å²) in [4.78, 5) is 26.0. The van der Waals surface area contributed by atoms with Crippen molar-refractivity contribution in [3.05, 3.63) is 56.4 Å². The van der Waals surface area contributed by atoms with Crippen LogP contribution in [0.25, 0.3) is 6.08 Å². The minimum absolute atomic E-state index is 0.0923. The summed E-state index contributed by atoms with van der Waals surface area (Å²) in [6, 6.07) is 8.84. The second-order valence-corrected chi connectivity index (χ2v) is 7.56. The lowest BCUT2D eigenvalue weighted by atomic mass is 9.95. The van der Waals surface area contributed by atoms with E-state index in [1.54, 1.807) is 24.3 Å². The minimum atomic E-state index is -0.582. The summed E-state index contributed by atoms with van der Waals surface area (Å²) in [6.45, 7) is 0. The lowest BCUT2D eigenvalue weighted by Crippen LogP contribution is -2.16. The number of hydrogen-bond acceptors (Lipinski definition) is 5. The molecule has 0 saturated heterocycles. The molecule has 1 amide bonds. The topological polar surface area (TPSA) is 79.2 Å². The number of carbonyl (C=O) groups excluding carboxylic acids is 2. The molecule has 27 heavy (non-hydrogen) atoms. The number of nitriles is 1. The van der Waals surface area contributed by atoms with E-state index in [2.05, 4.69) is 5.32 Å². The molecule has 0 spiro atoms. The van der Waals surface area contributed by atoms with E-state index in [9.17, 15) is 14.9 Å². The number of fused-ring (bicyclic) bond motifs is 1. The Morgan fingerprint density at radius 1 is 1.30 bits per heavy atom. The van der Waals surface area contributed by atoms with Gasteiger partial charge in [0.05, 0.1) is 12.7 Å². The third kappa shape index (κ3) is 4.05. The first-order valence-corrected chi connectivity index (χ1v) is 9.65. The molecular formula is C20H17ClN2O3S. The summed E-state index contributed by atoms with van der Waals surface area (Å²) < 4.78 is 4.90. The Balaban J connectivity index is 1.93. The predicted octanol–water partition coefficient (Wildman–Crippen LogP) is 4.61. The van der Waals surface area contributed by atoms with Crippen LogP contribution in [0, 0.1) is 11.3 Å². The van der Waals surface area contributed by atoms with Crippen molar-refractivity contribution in [3.63, 3.8) is 0 Å². The second-order valence-electron chi connectivity index (χ2n) is 6.05. The normalized spacial score (nSPS) is 13.4. The molecule has 1 aliphatic rings. The van der Waals surface area contributed by atoms with Crippen molar-refractivity contribution in [2.75, 3.05) is 12.4 Å². The summed E-state index contributed by atoms with van der Waals surface area (Å²) >= 11 is 7.48. The predicted molar refractivity (Wildman–Crippen MR) is 106 cm³/mol. The van der Waals surface area contributed by atoms with Crippen molar-refractivity contribution in [2.24, 2.45) is 0 Å². The Hall–Kier alpha value is -2.62. The molecule has 5 nitrogen and oxygen atoms in total. The molecule has 0 bridgehead atoms. The van der Waals surface area contributed by atoms with Crippen molar-refractivity contribution in [1.82, 2.24) is 0 Å². The van der Waals surface area contributed by atoms with Gasteiger partial charge < -0.3 is 10.1 Å². The highest BCUT2D eigenvalue weighted by atomic mass is 35.5. The molecule has 1 aromatic heterocycles. The van der Waals surface area contributed by atoms with Gasteiger partial charge in [0.15, 0.2) is 0 Å². The molecule has 1 aromatic carbocycles. The molecular weight excluding hydrogens is 384 g/mol. The van der Waals surface area contributed by atoms with Gasteiger partial charge in [-0.1, -0.05) is 29.8 Å². The SMILES string of the molecule is COC(=O)c1c(NC(=O)/C(C#N)=C/c2ccccc2Cl)sc2c1CCCC2. The van der Waals surface area contributed by atoms with Crippen LogP contribution in [0.2, 0.25) is 5.02 Å². The van der Waals surface area contributed by atoms with Crippen LogP contribution in [0.15, 0.2) is 29.8 Å². The Labute approximate surface area is 166 Å². The number of rotatable bonds is 4. The maximum absolute atomic E-state index is 12.6. The average molecular weight is 401 g/mol. The molecule has 0 saturated carbocycles. The van der Waals surface area contributed by atoms with Crippen molar-refractivity contribution in [3.8, 4) is 6.07 Å². The number of aryl methyl sites for hydroxylation is 1. The Morgan fingerprint density at radius 3 is 2.74 bits per heavy atom. The van der Waals surface area contributed by atoms with E-state index >= 15 is 0 Å². The minimum Gasteiger partial charge on any atom is -0.465 e. The van der Waals surface area contributed by atoms with Crippen LogP contribution >= 0.6 is 22.9 Å². The van der Waals surface area contributed by atoms with Gasteiger partial charge in [-0.2, -0.15) is 5.26 Å². The van der Waals surface area contributed by atoms with Crippen LogP contribution in [0.4, 0.5) is 5.00 Å². The van der Waals surface area contributed by atoms with Gasteiger partial charge in [-0.15, -0.1) is 11.3 Å². The van der Waals surface area contributed by atoms with Crippen LogP contribution < -0.4 is 5.32 Å². The van der Waals surface area contributed by atoms with E-state index in [4.69, 9.17) is 16.3 Å². The molecule has 0 radical (unpaired) electrons. The molecule has 1 N–H and O–H groups in total. The summed E-state index contributed by atoms with van der Waals surface area (Å²) in [7, 11) is 1.32. The van der Waals surface area contributed by atoms with E-state index in [0.717, 1.165) is 36.1 Å². The fourth-order valence-electron chi connectivity index (χ4n) is 3.04. The van der Waals surface area contributed by atoms with Crippen LogP contribution in [-0.2, 0) is 22.4 Å². The first kappa shape index (κ1) is 19.2. The molecule has 7 heteroatoms. The number of halogens is 1. The number of carbonyl (C=O) groups is 2. The number of thiophene rings is 1. The fraction of sp³-hybridized carbons (Fsp3) is 0.250. The first-order chi connectivity index (χ1) is 13.0. The number of methoxy groups -OCH3 is 1. The fourth-order valence-corrected chi connectivity index (χ4v) is 4.50. The third-order valence-corrected chi connectivity index (χ3v) is 5.91. The third-order valence-electron chi connectivity index (χ3n) is 4.36. The lowest BCUT2D eigenvalue weighted by Gasteiger charge is -2.11. The molecule has 0 atom stereocenters. The van der Waals surface area contributed by atoms with Gasteiger partial charge in [0.2, 0.25) is 0 Å². The summed E-state index contributed by atoms with van der Waals surface area (Å²) in [5.41, 5.74) is 1.83. The summed E-state index contributed by atoms with van der Waals surface area (Å²) in [6.07, 6.45) is 5.14. The highest BCUT2D eigenvalue weighted by Gasteiger charge is 2.27. The van der Waals surface area contributed by atoms with E-state index < -0.39 is 11.9 Å². The van der Waals surface area contributed by atoms with Crippen LogP contribution in [0.1, 0.15) is 39.2 Å². The van der Waals surface area contributed by atoms with E-state index in [1.165, 1.54) is 24.5 Å². The van der Waals surface area contributed by atoms with Gasteiger partial charge in [-0.3, -0.25) is 4.79 Å². The quantitative estimate of drug-likeness (QED) is 0.461. The number of nitrogens with one attached hydrogen (secondary N) is 1. The van der Waals surface area contributed by atoms with Gasteiger partial charge in [-0.05, 0) is 49.0 Å². The van der Waals surface area contributed by atoms with Crippen LogP contribution in [0.5, 0.6) is 0 Å². The van der Waals surface area contributed by atoms with Gasteiger partial charge in [-0.25, -0.2) is 4.79 Å². The number of ether oxygens (including phenoxy) is 1. The van der Waals surface area contributed by atoms with Crippen molar-refractivity contribution in [2.45, 2.75) is 25.7 Å². The molecule has 1 aliphatic carbocycles. The van der Waals surface area contributed by atoms with E-state index in [0.29, 0.717) is 21.2 Å². The average Bonchev–Trinajstić information content (AvgIpc) is 3.04. The van der Waals surface area contributed by atoms with Crippen LogP contribution in [0.3, 0.4) is 0 Å². The number of hydrogen-bond donors (Lipinski definition) is 1. The molecule has 3 rings (SSSR count). The highest BCUT2D eigenvalue weighted by Crippen LogP contribution is 2.38.